The number of benzene rings is 2. The van der Waals surface area contributed by atoms with E-state index in [-0.39, 0.29) is 24.1 Å². The smallest absolute Gasteiger partial charge is 0.410 e. The number of halogens is 1. The van der Waals surface area contributed by atoms with Crippen LogP contribution in [0.3, 0.4) is 0 Å². The Hall–Kier alpha value is -3.50. The van der Waals surface area contributed by atoms with Crippen LogP contribution in [0.1, 0.15) is 55.7 Å². The Bertz CT molecular complexity index is 1560. The average Bonchev–Trinajstić information content (AvgIpc) is 3.39. The monoisotopic (exact) mass is 636 g/mol. The Morgan fingerprint density at radius 2 is 1.58 bits per heavy atom. The summed E-state index contributed by atoms with van der Waals surface area (Å²) in [6.45, 7) is 6.38. The number of carbonyl (C=O) groups excluding carboxylic acids is 2. The van der Waals surface area contributed by atoms with Crippen LogP contribution in [-0.4, -0.2) is 88.7 Å². The Morgan fingerprint density at radius 1 is 0.956 bits per heavy atom. The molecule has 1 aromatic heterocycles. The van der Waals surface area contributed by atoms with E-state index in [0.29, 0.717) is 55.6 Å². The van der Waals surface area contributed by atoms with E-state index >= 15 is 0 Å². The number of hydrogen-bond acceptors (Lipinski definition) is 6. The maximum atomic E-state index is 14.0. The lowest BCUT2D eigenvalue weighted by Crippen LogP contribution is -2.49. The molecule has 0 radical (unpaired) electrons. The summed E-state index contributed by atoms with van der Waals surface area (Å²) in [5.74, 6) is 1.19. The third-order valence-corrected chi connectivity index (χ3v) is 10.6. The molecule has 3 aliphatic rings. The van der Waals surface area contributed by atoms with Crippen LogP contribution in [-0.2, 0) is 16.0 Å². The molecule has 45 heavy (non-hydrogen) atoms. The number of fused-ring (bicyclic) bond motifs is 1. The summed E-state index contributed by atoms with van der Waals surface area (Å²) in [4.78, 5) is 49.1. The predicted octanol–water partition coefficient (Wildman–Crippen LogP) is 4.84. The van der Waals surface area contributed by atoms with E-state index in [9.17, 15) is 14.4 Å². The van der Waals surface area contributed by atoms with Gasteiger partial charge in [-0.05, 0) is 107 Å². The van der Waals surface area contributed by atoms with Gasteiger partial charge in [-0.1, -0.05) is 29.8 Å². The summed E-state index contributed by atoms with van der Waals surface area (Å²) in [5, 5.41) is 0.427. The Balaban J connectivity index is 1.12. The first kappa shape index (κ1) is 31.5. The highest BCUT2D eigenvalue weighted by molar-refractivity contribution is 6.33. The van der Waals surface area contributed by atoms with Crippen LogP contribution in [0, 0.1) is 18.8 Å². The van der Waals surface area contributed by atoms with Crippen LogP contribution in [0.4, 0.5) is 10.5 Å². The number of nitrogens with one attached hydrogen (secondary N) is 1. The number of hydrogen-bond donors (Lipinski definition) is 2. The second-order valence-electron chi connectivity index (χ2n) is 13.2. The standard InChI is InChI=1S/C34H45ClN6O4/c1-22-19-23(20-27(35)31(22)36)21-30(32(42)39-15-9-25(10-16-39)24-7-13-38(2)14-8-24)45-34(44)40-17-11-26(12-18-40)41-29-6-4-3-5-28(29)37-33(41)43/h3-6,19-20,24-26,30H,7-18,21,36H2,1-2H3,(H,37,43)/t30-/m1/s1. The van der Waals surface area contributed by atoms with Crippen molar-refractivity contribution in [3.63, 3.8) is 0 Å². The number of rotatable bonds is 6. The summed E-state index contributed by atoms with van der Waals surface area (Å²) < 4.78 is 7.83. The SMILES string of the molecule is Cc1cc(C[C@@H](OC(=O)N2CCC(n3c(=O)[nH]c4ccccc43)CC2)C(=O)N2CCC(C3CCN(C)CC3)CC2)cc(Cl)c1N. The van der Waals surface area contributed by atoms with E-state index in [2.05, 4.69) is 16.9 Å². The molecule has 1 atom stereocenters. The molecular formula is C34H45ClN6O4. The number of aromatic amines is 1. The van der Waals surface area contributed by atoms with E-state index in [0.717, 1.165) is 54.0 Å². The number of nitrogens with two attached hydrogens (primary N) is 1. The molecule has 3 fully saturated rings. The first-order valence-electron chi connectivity index (χ1n) is 16.3. The lowest BCUT2D eigenvalue weighted by Gasteiger charge is -2.40. The predicted molar refractivity (Wildman–Crippen MR) is 177 cm³/mol. The molecule has 11 heteroatoms. The number of nitrogen functional groups attached to an aromatic ring is 1. The molecule has 0 aliphatic carbocycles. The highest BCUT2D eigenvalue weighted by Crippen LogP contribution is 2.33. The van der Waals surface area contributed by atoms with Gasteiger partial charge in [-0.15, -0.1) is 0 Å². The minimum atomic E-state index is -0.967. The van der Waals surface area contributed by atoms with Gasteiger partial charge in [-0.3, -0.25) is 9.36 Å². The zero-order chi connectivity index (χ0) is 31.7. The average molecular weight is 637 g/mol. The number of H-pyrrole nitrogens is 1. The Morgan fingerprint density at radius 3 is 2.24 bits per heavy atom. The van der Waals surface area contributed by atoms with Gasteiger partial charge < -0.3 is 30.2 Å². The summed E-state index contributed by atoms with van der Waals surface area (Å²) in [6, 6.07) is 11.3. The molecule has 3 saturated heterocycles. The molecule has 3 aromatic rings. The molecule has 3 N–H and O–H groups in total. The lowest BCUT2D eigenvalue weighted by molar-refractivity contribution is -0.142. The normalized spacial score (nSPS) is 20.1. The summed E-state index contributed by atoms with van der Waals surface area (Å²) in [7, 11) is 2.18. The fourth-order valence-corrected chi connectivity index (χ4v) is 7.86. The summed E-state index contributed by atoms with van der Waals surface area (Å²) in [5.41, 5.74) is 9.75. The number of anilines is 1. The van der Waals surface area contributed by atoms with Gasteiger partial charge >= 0.3 is 11.8 Å². The number of carbonyl (C=O) groups is 2. The third-order valence-electron chi connectivity index (χ3n) is 10.3. The molecular weight excluding hydrogens is 592 g/mol. The zero-order valence-electron chi connectivity index (χ0n) is 26.3. The van der Waals surface area contributed by atoms with Crippen molar-refractivity contribution in [3.8, 4) is 0 Å². The first-order chi connectivity index (χ1) is 21.7. The number of aromatic nitrogens is 2. The molecule has 10 nitrogen and oxygen atoms in total. The number of ether oxygens (including phenoxy) is 1. The van der Waals surface area contributed by atoms with Crippen LogP contribution in [0.25, 0.3) is 11.0 Å². The van der Waals surface area contributed by atoms with E-state index < -0.39 is 12.2 Å². The van der Waals surface area contributed by atoms with Gasteiger partial charge in [-0.2, -0.15) is 0 Å². The van der Waals surface area contributed by atoms with Crippen LogP contribution < -0.4 is 11.4 Å². The van der Waals surface area contributed by atoms with Gasteiger partial charge in [0.15, 0.2) is 6.10 Å². The van der Waals surface area contributed by atoms with Crippen molar-refractivity contribution < 1.29 is 14.3 Å². The number of imidazole rings is 1. The maximum absolute atomic E-state index is 14.0. The lowest BCUT2D eigenvalue weighted by atomic mass is 9.79. The van der Waals surface area contributed by atoms with Crippen molar-refractivity contribution in [1.29, 1.82) is 0 Å². The molecule has 2 aromatic carbocycles. The van der Waals surface area contributed by atoms with E-state index in [1.807, 2.05) is 42.2 Å². The van der Waals surface area contributed by atoms with E-state index in [1.165, 1.54) is 12.8 Å². The maximum Gasteiger partial charge on any atom is 0.410 e. The minimum absolute atomic E-state index is 0.0270. The number of piperidine rings is 3. The van der Waals surface area contributed by atoms with Gasteiger partial charge in [-0.25, -0.2) is 9.59 Å². The van der Waals surface area contributed by atoms with Crippen LogP contribution in [0.5, 0.6) is 0 Å². The van der Waals surface area contributed by atoms with Crippen molar-refractivity contribution >= 4 is 40.3 Å². The molecule has 0 unspecified atom stereocenters. The number of likely N-dealkylation sites (tertiary alicyclic amines) is 3. The highest BCUT2D eigenvalue weighted by Gasteiger charge is 2.36. The number of amides is 2. The molecule has 2 amide bonds. The number of aryl methyl sites for hydroxylation is 1. The van der Waals surface area contributed by atoms with Gasteiger partial charge in [0.2, 0.25) is 0 Å². The molecule has 242 valence electrons. The molecule has 0 spiro atoms. The minimum Gasteiger partial charge on any atom is -0.436 e. The van der Waals surface area contributed by atoms with Crippen molar-refractivity contribution in [1.82, 2.24) is 24.3 Å². The van der Waals surface area contributed by atoms with Gasteiger partial charge in [0.1, 0.15) is 0 Å². The fraction of sp³-hybridized carbons (Fsp3) is 0.559. The summed E-state index contributed by atoms with van der Waals surface area (Å²) >= 11 is 6.39. The second-order valence-corrected chi connectivity index (χ2v) is 13.6. The third kappa shape index (κ3) is 6.87. The van der Waals surface area contributed by atoms with Gasteiger partial charge in [0.25, 0.3) is 5.91 Å². The zero-order valence-corrected chi connectivity index (χ0v) is 27.1. The summed E-state index contributed by atoms with van der Waals surface area (Å²) in [6.07, 6.45) is 4.39. The van der Waals surface area contributed by atoms with Gasteiger partial charge in [0, 0.05) is 38.6 Å². The van der Waals surface area contributed by atoms with Crippen molar-refractivity contribution in [2.24, 2.45) is 11.8 Å². The number of nitrogens with zero attached hydrogens (tertiary/aromatic N) is 4. The molecule has 0 bridgehead atoms. The molecule has 0 saturated carbocycles. The quantitative estimate of drug-likeness (QED) is 0.374. The van der Waals surface area contributed by atoms with Gasteiger partial charge in [0.05, 0.1) is 21.7 Å². The van der Waals surface area contributed by atoms with Crippen LogP contribution in [0.15, 0.2) is 41.2 Å². The fourth-order valence-electron chi connectivity index (χ4n) is 7.57. The van der Waals surface area contributed by atoms with Crippen LogP contribution >= 0.6 is 11.6 Å². The van der Waals surface area contributed by atoms with Crippen LogP contribution in [0.2, 0.25) is 5.02 Å². The van der Waals surface area contributed by atoms with E-state index in [1.54, 1.807) is 15.5 Å². The van der Waals surface area contributed by atoms with Crippen molar-refractivity contribution in [2.45, 2.75) is 64.0 Å². The second kappa shape index (κ2) is 13.5. The van der Waals surface area contributed by atoms with Crippen molar-refractivity contribution in [3.05, 3.63) is 63.0 Å². The largest absolute Gasteiger partial charge is 0.436 e. The Kier molecular flexibility index (Phi) is 9.42. The molecule has 3 aliphatic heterocycles. The van der Waals surface area contributed by atoms with Crippen molar-refractivity contribution in [2.75, 3.05) is 52.0 Å². The topological polar surface area (TPSA) is 117 Å². The highest BCUT2D eigenvalue weighted by atomic mass is 35.5. The number of para-hydroxylation sites is 2. The first-order valence-corrected chi connectivity index (χ1v) is 16.7. The van der Waals surface area contributed by atoms with E-state index in [4.69, 9.17) is 22.1 Å². The molecule has 6 rings (SSSR count). The Labute approximate surface area is 269 Å². The molecule has 4 heterocycles.